The standard InChI is InChI=1S/C24H26N2O3/c1-18(29-22(27)15-14-19-10-12-20(16-25)13-11-19)23(28)26(24(2,3)4)17-21-8-6-5-7-9-21/h5-15,18H,17H2,1-4H3/b15-14+/t18-/m0/s1. The molecule has 0 spiro atoms. The van der Waals surface area contributed by atoms with E-state index in [4.69, 9.17) is 10.00 Å². The van der Waals surface area contributed by atoms with Gasteiger partial charge in [0.15, 0.2) is 6.10 Å². The van der Waals surface area contributed by atoms with Crippen LogP contribution in [0, 0.1) is 11.3 Å². The number of nitriles is 1. The fourth-order valence-electron chi connectivity index (χ4n) is 2.73. The fraction of sp³-hybridized carbons (Fsp3) is 0.292. The second-order valence-electron chi connectivity index (χ2n) is 7.73. The van der Waals surface area contributed by atoms with Gasteiger partial charge in [-0.1, -0.05) is 42.5 Å². The minimum atomic E-state index is -0.906. The lowest BCUT2D eigenvalue weighted by Gasteiger charge is -2.37. The Kier molecular flexibility index (Phi) is 7.33. The largest absolute Gasteiger partial charge is 0.449 e. The number of esters is 1. The Morgan fingerprint density at radius 2 is 1.72 bits per heavy atom. The number of rotatable bonds is 6. The lowest BCUT2D eigenvalue weighted by Crippen LogP contribution is -2.49. The van der Waals surface area contributed by atoms with E-state index in [1.165, 1.54) is 6.08 Å². The monoisotopic (exact) mass is 390 g/mol. The topological polar surface area (TPSA) is 70.4 Å². The van der Waals surface area contributed by atoms with Gasteiger partial charge in [0.1, 0.15) is 0 Å². The number of hydrogen-bond donors (Lipinski definition) is 0. The molecule has 150 valence electrons. The average Bonchev–Trinajstić information content (AvgIpc) is 2.70. The summed E-state index contributed by atoms with van der Waals surface area (Å²) < 4.78 is 5.32. The first kappa shape index (κ1) is 21.9. The van der Waals surface area contributed by atoms with Crippen LogP contribution in [-0.2, 0) is 20.9 Å². The molecule has 0 N–H and O–H groups in total. The van der Waals surface area contributed by atoms with Gasteiger partial charge >= 0.3 is 5.97 Å². The van der Waals surface area contributed by atoms with E-state index in [1.54, 1.807) is 42.2 Å². The van der Waals surface area contributed by atoms with Crippen molar-refractivity contribution in [1.29, 1.82) is 5.26 Å². The van der Waals surface area contributed by atoms with Crippen molar-refractivity contribution in [3.05, 3.63) is 77.4 Å². The molecule has 5 heteroatoms. The summed E-state index contributed by atoms with van der Waals surface area (Å²) in [6, 6.07) is 18.6. The molecule has 29 heavy (non-hydrogen) atoms. The highest BCUT2D eigenvalue weighted by atomic mass is 16.5. The summed E-state index contributed by atoms with van der Waals surface area (Å²) in [7, 11) is 0. The van der Waals surface area contributed by atoms with Gasteiger partial charge in [-0.2, -0.15) is 5.26 Å². The smallest absolute Gasteiger partial charge is 0.331 e. The van der Waals surface area contributed by atoms with E-state index in [2.05, 4.69) is 0 Å². The summed E-state index contributed by atoms with van der Waals surface area (Å²) >= 11 is 0. The van der Waals surface area contributed by atoms with Crippen molar-refractivity contribution < 1.29 is 14.3 Å². The van der Waals surface area contributed by atoms with Gasteiger partial charge in [0.05, 0.1) is 11.6 Å². The molecule has 2 aromatic rings. The van der Waals surface area contributed by atoms with Crippen LogP contribution in [0.25, 0.3) is 6.08 Å². The van der Waals surface area contributed by atoms with Crippen LogP contribution in [0.2, 0.25) is 0 Å². The number of ether oxygens (including phenoxy) is 1. The van der Waals surface area contributed by atoms with Crippen molar-refractivity contribution in [3.63, 3.8) is 0 Å². The minimum absolute atomic E-state index is 0.249. The van der Waals surface area contributed by atoms with E-state index in [0.29, 0.717) is 12.1 Å². The third kappa shape index (κ3) is 6.62. The second-order valence-corrected chi connectivity index (χ2v) is 7.73. The molecule has 0 aliphatic carbocycles. The van der Waals surface area contributed by atoms with Gasteiger partial charge in [-0.05, 0) is 57.0 Å². The van der Waals surface area contributed by atoms with E-state index in [-0.39, 0.29) is 5.91 Å². The second kappa shape index (κ2) is 9.70. The summed E-state index contributed by atoms with van der Waals surface area (Å²) in [6.07, 6.45) is 1.96. The van der Waals surface area contributed by atoms with E-state index >= 15 is 0 Å². The van der Waals surface area contributed by atoms with Crippen LogP contribution in [0.4, 0.5) is 0 Å². The SMILES string of the molecule is C[C@H](OC(=O)/C=C/c1ccc(C#N)cc1)C(=O)N(Cc1ccccc1)C(C)(C)C. The maximum atomic E-state index is 13.0. The molecular formula is C24H26N2O3. The molecule has 0 aliphatic rings. The molecule has 0 saturated carbocycles. The fourth-order valence-corrected chi connectivity index (χ4v) is 2.73. The quantitative estimate of drug-likeness (QED) is 0.544. The van der Waals surface area contributed by atoms with Crippen molar-refractivity contribution in [2.75, 3.05) is 0 Å². The first-order valence-corrected chi connectivity index (χ1v) is 9.45. The lowest BCUT2D eigenvalue weighted by atomic mass is 10.0. The van der Waals surface area contributed by atoms with Gasteiger partial charge in [0.2, 0.25) is 0 Å². The molecule has 1 amide bonds. The third-order valence-electron chi connectivity index (χ3n) is 4.35. The molecule has 5 nitrogen and oxygen atoms in total. The van der Waals surface area contributed by atoms with Crippen molar-refractivity contribution in [2.24, 2.45) is 0 Å². The zero-order valence-corrected chi connectivity index (χ0v) is 17.3. The van der Waals surface area contributed by atoms with Crippen LogP contribution in [0.15, 0.2) is 60.7 Å². The molecular weight excluding hydrogens is 364 g/mol. The lowest BCUT2D eigenvalue weighted by molar-refractivity contribution is -0.158. The zero-order chi connectivity index (χ0) is 21.4. The minimum Gasteiger partial charge on any atom is -0.449 e. The third-order valence-corrected chi connectivity index (χ3v) is 4.35. The van der Waals surface area contributed by atoms with Crippen LogP contribution in [0.5, 0.6) is 0 Å². The Hall–Kier alpha value is -3.39. The first-order chi connectivity index (χ1) is 13.7. The van der Waals surface area contributed by atoms with Gasteiger partial charge in [-0.3, -0.25) is 4.79 Å². The summed E-state index contributed by atoms with van der Waals surface area (Å²) in [6.45, 7) is 7.87. The maximum Gasteiger partial charge on any atom is 0.331 e. The molecule has 0 saturated heterocycles. The van der Waals surface area contributed by atoms with Crippen LogP contribution < -0.4 is 0 Å². The number of benzene rings is 2. The van der Waals surface area contributed by atoms with E-state index in [9.17, 15) is 9.59 Å². The Morgan fingerprint density at radius 1 is 1.10 bits per heavy atom. The van der Waals surface area contributed by atoms with Crippen LogP contribution in [-0.4, -0.2) is 28.4 Å². The molecule has 0 fully saturated rings. The Balaban J connectivity index is 2.03. The number of carbonyl (C=O) groups is 2. The van der Waals surface area contributed by atoms with E-state index in [0.717, 1.165) is 11.1 Å². The van der Waals surface area contributed by atoms with Crippen LogP contribution >= 0.6 is 0 Å². The average molecular weight is 390 g/mol. The van der Waals surface area contributed by atoms with E-state index < -0.39 is 17.6 Å². The molecule has 2 rings (SSSR count). The number of carbonyl (C=O) groups excluding carboxylic acids is 2. The van der Waals surface area contributed by atoms with Gasteiger partial charge in [-0.15, -0.1) is 0 Å². The summed E-state index contributed by atoms with van der Waals surface area (Å²) in [5, 5.41) is 8.81. The summed E-state index contributed by atoms with van der Waals surface area (Å²) in [5.41, 5.74) is 1.89. The van der Waals surface area contributed by atoms with Crippen molar-refractivity contribution in [2.45, 2.75) is 45.9 Å². The molecule has 0 bridgehead atoms. The predicted molar refractivity (Wildman–Crippen MR) is 112 cm³/mol. The Morgan fingerprint density at radius 3 is 2.28 bits per heavy atom. The molecule has 0 heterocycles. The molecule has 2 aromatic carbocycles. The van der Waals surface area contributed by atoms with Crippen molar-refractivity contribution >= 4 is 18.0 Å². The molecule has 0 unspecified atom stereocenters. The van der Waals surface area contributed by atoms with Crippen molar-refractivity contribution in [1.82, 2.24) is 4.90 Å². The first-order valence-electron chi connectivity index (χ1n) is 9.45. The maximum absolute atomic E-state index is 13.0. The van der Waals surface area contributed by atoms with Gasteiger partial charge in [0.25, 0.3) is 5.91 Å². The number of amides is 1. The number of nitrogens with zero attached hydrogens (tertiary/aromatic N) is 2. The van der Waals surface area contributed by atoms with E-state index in [1.807, 2.05) is 57.2 Å². The highest BCUT2D eigenvalue weighted by Crippen LogP contribution is 2.19. The molecule has 0 aliphatic heterocycles. The van der Waals surface area contributed by atoms with Gasteiger partial charge in [0, 0.05) is 18.2 Å². The Labute approximate surface area is 172 Å². The van der Waals surface area contributed by atoms with Crippen LogP contribution in [0.3, 0.4) is 0 Å². The summed E-state index contributed by atoms with van der Waals surface area (Å²) in [4.78, 5) is 26.8. The van der Waals surface area contributed by atoms with Crippen molar-refractivity contribution in [3.8, 4) is 6.07 Å². The predicted octanol–water partition coefficient (Wildman–Crippen LogP) is 4.33. The molecule has 0 radical (unpaired) electrons. The van der Waals surface area contributed by atoms with Gasteiger partial charge < -0.3 is 9.64 Å². The Bertz CT molecular complexity index is 904. The highest BCUT2D eigenvalue weighted by Gasteiger charge is 2.31. The van der Waals surface area contributed by atoms with Gasteiger partial charge in [-0.25, -0.2) is 4.79 Å². The molecule has 1 atom stereocenters. The highest BCUT2D eigenvalue weighted by molar-refractivity contribution is 5.90. The summed E-state index contributed by atoms with van der Waals surface area (Å²) in [5.74, 6) is -0.842. The zero-order valence-electron chi connectivity index (χ0n) is 17.3. The number of hydrogen-bond acceptors (Lipinski definition) is 4. The molecule has 0 aromatic heterocycles. The van der Waals surface area contributed by atoms with Crippen LogP contribution in [0.1, 0.15) is 44.4 Å². The normalized spacial score (nSPS) is 12.2.